The van der Waals surface area contributed by atoms with Crippen molar-refractivity contribution < 1.29 is 14.6 Å². The van der Waals surface area contributed by atoms with E-state index in [1.807, 2.05) is 12.1 Å². The summed E-state index contributed by atoms with van der Waals surface area (Å²) in [5, 5.41) is 12.3. The molecule has 0 heterocycles. The van der Waals surface area contributed by atoms with Crippen molar-refractivity contribution in [1.82, 2.24) is 5.32 Å². The van der Waals surface area contributed by atoms with Crippen LogP contribution in [0.1, 0.15) is 18.9 Å². The Hall–Kier alpha value is -1.26. The molecule has 0 atom stereocenters. The molecule has 17 heavy (non-hydrogen) atoms. The highest BCUT2D eigenvalue weighted by Crippen LogP contribution is 2.27. The fourth-order valence-electron chi connectivity index (χ4n) is 1.46. The van der Waals surface area contributed by atoms with Crippen molar-refractivity contribution in [2.45, 2.75) is 20.0 Å². The molecule has 0 aliphatic carbocycles. The Labute approximate surface area is 103 Å². The Morgan fingerprint density at radius 3 is 2.71 bits per heavy atom. The maximum atomic E-state index is 9.02. The van der Waals surface area contributed by atoms with Gasteiger partial charge in [-0.2, -0.15) is 0 Å². The second kappa shape index (κ2) is 7.92. The SMILES string of the molecule is CCCNCCOc1ccc(CO)cc1OC. The molecule has 96 valence electrons. The fourth-order valence-corrected chi connectivity index (χ4v) is 1.46. The molecule has 0 unspecified atom stereocenters. The number of methoxy groups -OCH3 is 1. The third-order valence-corrected chi connectivity index (χ3v) is 2.37. The number of rotatable bonds is 8. The minimum atomic E-state index is 0.00863. The zero-order valence-corrected chi connectivity index (χ0v) is 10.5. The van der Waals surface area contributed by atoms with Gasteiger partial charge in [-0.25, -0.2) is 0 Å². The average molecular weight is 239 g/mol. The van der Waals surface area contributed by atoms with Crippen LogP contribution < -0.4 is 14.8 Å². The zero-order chi connectivity index (χ0) is 12.5. The van der Waals surface area contributed by atoms with E-state index in [1.54, 1.807) is 13.2 Å². The molecule has 0 aromatic heterocycles. The van der Waals surface area contributed by atoms with Crippen LogP contribution in [0.25, 0.3) is 0 Å². The van der Waals surface area contributed by atoms with Gasteiger partial charge in [0.05, 0.1) is 13.7 Å². The van der Waals surface area contributed by atoms with E-state index in [2.05, 4.69) is 12.2 Å². The summed E-state index contributed by atoms with van der Waals surface area (Å²) < 4.78 is 10.8. The van der Waals surface area contributed by atoms with Crippen LogP contribution in [0.3, 0.4) is 0 Å². The van der Waals surface area contributed by atoms with Crippen molar-refractivity contribution in [3.63, 3.8) is 0 Å². The summed E-state index contributed by atoms with van der Waals surface area (Å²) >= 11 is 0. The molecule has 1 aromatic carbocycles. The smallest absolute Gasteiger partial charge is 0.161 e. The van der Waals surface area contributed by atoms with Gasteiger partial charge in [-0.15, -0.1) is 0 Å². The molecule has 4 heteroatoms. The summed E-state index contributed by atoms with van der Waals surface area (Å²) in [4.78, 5) is 0. The fraction of sp³-hybridized carbons (Fsp3) is 0.538. The van der Waals surface area contributed by atoms with Gasteiger partial charge in [-0.1, -0.05) is 13.0 Å². The van der Waals surface area contributed by atoms with E-state index in [0.29, 0.717) is 18.1 Å². The van der Waals surface area contributed by atoms with Crippen LogP contribution in [-0.4, -0.2) is 31.9 Å². The Morgan fingerprint density at radius 1 is 1.24 bits per heavy atom. The van der Waals surface area contributed by atoms with Gasteiger partial charge in [0.25, 0.3) is 0 Å². The number of nitrogens with one attached hydrogen (secondary N) is 1. The maximum Gasteiger partial charge on any atom is 0.161 e. The van der Waals surface area contributed by atoms with E-state index in [9.17, 15) is 0 Å². The maximum absolute atomic E-state index is 9.02. The number of aliphatic hydroxyl groups is 1. The number of aliphatic hydroxyl groups excluding tert-OH is 1. The van der Waals surface area contributed by atoms with Crippen molar-refractivity contribution in [2.75, 3.05) is 26.8 Å². The van der Waals surface area contributed by atoms with Gasteiger partial charge in [0.1, 0.15) is 6.61 Å². The quantitative estimate of drug-likeness (QED) is 0.676. The topological polar surface area (TPSA) is 50.7 Å². The van der Waals surface area contributed by atoms with Crippen molar-refractivity contribution in [1.29, 1.82) is 0 Å². The summed E-state index contributed by atoms with van der Waals surface area (Å²) in [7, 11) is 1.60. The van der Waals surface area contributed by atoms with Crippen molar-refractivity contribution in [3.05, 3.63) is 23.8 Å². The number of benzene rings is 1. The Kier molecular flexibility index (Phi) is 6.43. The molecule has 0 bridgehead atoms. The van der Waals surface area contributed by atoms with Gasteiger partial charge < -0.3 is 19.9 Å². The first-order chi connectivity index (χ1) is 8.31. The average Bonchev–Trinajstić information content (AvgIpc) is 2.38. The molecule has 1 rings (SSSR count). The molecule has 2 N–H and O–H groups in total. The molecule has 0 saturated carbocycles. The van der Waals surface area contributed by atoms with Crippen LogP contribution >= 0.6 is 0 Å². The van der Waals surface area contributed by atoms with E-state index in [0.717, 1.165) is 25.1 Å². The second-order valence-corrected chi connectivity index (χ2v) is 3.74. The molecule has 0 aliphatic rings. The van der Waals surface area contributed by atoms with Crippen molar-refractivity contribution in [2.24, 2.45) is 0 Å². The molecule has 4 nitrogen and oxygen atoms in total. The van der Waals surface area contributed by atoms with E-state index in [-0.39, 0.29) is 6.61 Å². The van der Waals surface area contributed by atoms with Gasteiger partial charge in [0.15, 0.2) is 11.5 Å². The third-order valence-electron chi connectivity index (χ3n) is 2.37. The van der Waals surface area contributed by atoms with E-state index in [1.165, 1.54) is 0 Å². The van der Waals surface area contributed by atoms with Gasteiger partial charge in [0.2, 0.25) is 0 Å². The molecular formula is C13H21NO3. The second-order valence-electron chi connectivity index (χ2n) is 3.74. The van der Waals surface area contributed by atoms with Crippen molar-refractivity contribution in [3.8, 4) is 11.5 Å². The summed E-state index contributed by atoms with van der Waals surface area (Å²) in [6.07, 6.45) is 1.12. The first-order valence-electron chi connectivity index (χ1n) is 5.93. The molecule has 0 saturated heterocycles. The molecular weight excluding hydrogens is 218 g/mol. The molecule has 0 spiro atoms. The van der Waals surface area contributed by atoms with Crippen LogP contribution in [0.15, 0.2) is 18.2 Å². The van der Waals surface area contributed by atoms with Gasteiger partial charge >= 0.3 is 0 Å². The van der Waals surface area contributed by atoms with Crippen molar-refractivity contribution >= 4 is 0 Å². The monoisotopic (exact) mass is 239 g/mol. The lowest BCUT2D eigenvalue weighted by molar-refractivity contribution is 0.277. The van der Waals surface area contributed by atoms with Crippen LogP contribution in [0.4, 0.5) is 0 Å². The van der Waals surface area contributed by atoms with Crippen LogP contribution in [0.2, 0.25) is 0 Å². The highest BCUT2D eigenvalue weighted by atomic mass is 16.5. The Bertz CT molecular complexity index is 328. The Balaban J connectivity index is 2.46. The van der Waals surface area contributed by atoms with Crippen LogP contribution in [-0.2, 0) is 6.61 Å². The number of hydrogen-bond acceptors (Lipinski definition) is 4. The summed E-state index contributed by atoms with van der Waals surface area (Å²) in [5.74, 6) is 1.37. The predicted octanol–water partition coefficient (Wildman–Crippen LogP) is 1.57. The van der Waals surface area contributed by atoms with Gasteiger partial charge in [-0.05, 0) is 30.7 Å². The Morgan fingerprint density at radius 2 is 2.06 bits per heavy atom. The zero-order valence-electron chi connectivity index (χ0n) is 10.5. The third kappa shape index (κ3) is 4.63. The number of hydrogen-bond donors (Lipinski definition) is 2. The minimum absolute atomic E-state index is 0.00863. The van der Waals surface area contributed by atoms with Crippen LogP contribution in [0.5, 0.6) is 11.5 Å². The lowest BCUT2D eigenvalue weighted by atomic mass is 10.2. The largest absolute Gasteiger partial charge is 0.493 e. The predicted molar refractivity (Wildman–Crippen MR) is 67.6 cm³/mol. The molecule has 0 aliphatic heterocycles. The van der Waals surface area contributed by atoms with E-state index in [4.69, 9.17) is 14.6 Å². The molecule has 0 fully saturated rings. The van der Waals surface area contributed by atoms with E-state index < -0.39 is 0 Å². The summed E-state index contributed by atoms with van der Waals surface area (Å²) in [6, 6.07) is 5.44. The summed E-state index contributed by atoms with van der Waals surface area (Å²) in [6.45, 7) is 4.57. The normalized spacial score (nSPS) is 10.3. The highest BCUT2D eigenvalue weighted by Gasteiger charge is 2.04. The highest BCUT2D eigenvalue weighted by molar-refractivity contribution is 5.42. The first-order valence-corrected chi connectivity index (χ1v) is 5.93. The van der Waals surface area contributed by atoms with Gasteiger partial charge in [0, 0.05) is 6.54 Å². The minimum Gasteiger partial charge on any atom is -0.493 e. The van der Waals surface area contributed by atoms with Gasteiger partial charge in [-0.3, -0.25) is 0 Å². The molecule has 0 amide bonds. The van der Waals surface area contributed by atoms with E-state index >= 15 is 0 Å². The summed E-state index contributed by atoms with van der Waals surface area (Å²) in [5.41, 5.74) is 0.818. The lowest BCUT2D eigenvalue weighted by Gasteiger charge is -2.11. The first kappa shape index (κ1) is 13.8. The van der Waals surface area contributed by atoms with Crippen LogP contribution in [0, 0.1) is 0 Å². The standard InChI is InChI=1S/C13H21NO3/c1-3-6-14-7-8-17-12-5-4-11(10-15)9-13(12)16-2/h4-5,9,14-15H,3,6-8,10H2,1-2H3. The molecule has 1 aromatic rings. The molecule has 0 radical (unpaired) electrons. The lowest BCUT2D eigenvalue weighted by Crippen LogP contribution is -2.21. The number of ether oxygens (including phenoxy) is 2.